The zero-order valence-corrected chi connectivity index (χ0v) is 29.2. The van der Waals surface area contributed by atoms with Crippen molar-refractivity contribution in [1.82, 2.24) is 16.0 Å². The Kier molecular flexibility index (Phi) is 15.0. The number of ether oxygens (including phenoxy) is 1. The lowest BCUT2D eigenvalue weighted by Gasteiger charge is -2.25. The van der Waals surface area contributed by atoms with Crippen molar-refractivity contribution in [2.45, 2.75) is 51.4 Å². The van der Waals surface area contributed by atoms with E-state index in [1.165, 1.54) is 5.82 Å². The van der Waals surface area contributed by atoms with Gasteiger partial charge in [-0.1, -0.05) is 121 Å². The van der Waals surface area contributed by atoms with Crippen molar-refractivity contribution in [3.63, 3.8) is 0 Å². The lowest BCUT2D eigenvalue weighted by atomic mass is 10.0. The molecular formula is C39H44N3O7P. The Morgan fingerprint density at radius 3 is 1.56 bits per heavy atom. The third-order valence-corrected chi connectivity index (χ3v) is 9.33. The van der Waals surface area contributed by atoms with E-state index in [0.29, 0.717) is 5.56 Å². The summed E-state index contributed by atoms with van der Waals surface area (Å²) < 4.78 is 29.5. The summed E-state index contributed by atoms with van der Waals surface area (Å²) in [5, 5.41) is 8.58. The lowest BCUT2D eigenvalue weighted by molar-refractivity contribution is -0.130. The Balaban J connectivity index is 1.58. The summed E-state index contributed by atoms with van der Waals surface area (Å²) in [6.07, 6.45) is 1.13. The monoisotopic (exact) mass is 697 g/mol. The van der Waals surface area contributed by atoms with Crippen LogP contribution in [-0.4, -0.2) is 43.2 Å². The molecule has 4 aromatic carbocycles. The van der Waals surface area contributed by atoms with Crippen molar-refractivity contribution in [1.29, 1.82) is 0 Å². The summed E-state index contributed by atoms with van der Waals surface area (Å²) in [5.74, 6) is 0.294. The van der Waals surface area contributed by atoms with Crippen LogP contribution in [0.15, 0.2) is 133 Å². The molecule has 0 radical (unpaired) electrons. The summed E-state index contributed by atoms with van der Waals surface area (Å²) in [6.45, 7) is 3.81. The Labute approximate surface area is 293 Å². The second-order valence-corrected chi connectivity index (χ2v) is 13.2. The molecule has 0 saturated heterocycles. The molecule has 0 heterocycles. The Bertz CT molecular complexity index is 1700. The molecule has 0 aliphatic carbocycles. The molecule has 4 rings (SSSR count). The molecule has 0 spiro atoms. The van der Waals surface area contributed by atoms with Gasteiger partial charge >= 0.3 is 13.7 Å². The van der Waals surface area contributed by atoms with Crippen LogP contribution in [0.25, 0.3) is 0 Å². The number of carbonyl (C=O) groups excluding carboxylic acids is 3. The number of benzene rings is 4. The predicted octanol–water partition coefficient (Wildman–Crippen LogP) is 6.89. The van der Waals surface area contributed by atoms with E-state index >= 15 is 0 Å². The fourth-order valence-electron chi connectivity index (χ4n) is 5.13. The average Bonchev–Trinajstić information content (AvgIpc) is 3.13. The lowest BCUT2D eigenvalue weighted by Crippen LogP contribution is -2.55. The molecule has 4 aromatic rings. The normalized spacial score (nSPS) is 13.2. The fraction of sp³-hybridized carbons (Fsp3) is 0.256. The molecule has 0 bridgehead atoms. The molecule has 3 atom stereocenters. The summed E-state index contributed by atoms with van der Waals surface area (Å²) >= 11 is 0. The van der Waals surface area contributed by atoms with Gasteiger partial charge in [-0.15, -0.1) is 0 Å². The highest BCUT2D eigenvalue weighted by Gasteiger charge is 2.29. The SMILES string of the molecule is CCOP(=O)(/C=C/C(NC(=O)[C@H](Cc1ccccc1)NC(=O)[C@H](Cc1ccccc1)NC(=O)OCc1ccccc1)c1ccccc1)OCC. The number of hydrogen-bond acceptors (Lipinski definition) is 7. The van der Waals surface area contributed by atoms with E-state index in [0.717, 1.165) is 16.7 Å². The molecular weight excluding hydrogens is 653 g/mol. The number of hydrogen-bond donors (Lipinski definition) is 3. The highest BCUT2D eigenvalue weighted by Crippen LogP contribution is 2.50. The Hall–Kier alpha value is -5.02. The molecule has 0 fully saturated rings. The number of carbonyl (C=O) groups is 3. The van der Waals surface area contributed by atoms with Crippen LogP contribution in [0.4, 0.5) is 4.79 Å². The molecule has 0 aliphatic heterocycles. The first-order chi connectivity index (χ1) is 24.3. The van der Waals surface area contributed by atoms with Gasteiger partial charge in [0, 0.05) is 18.7 Å². The third kappa shape index (κ3) is 12.5. The van der Waals surface area contributed by atoms with Gasteiger partial charge in [-0.2, -0.15) is 0 Å². The van der Waals surface area contributed by atoms with Crippen LogP contribution in [0.3, 0.4) is 0 Å². The minimum Gasteiger partial charge on any atom is -0.445 e. The van der Waals surface area contributed by atoms with Gasteiger partial charge in [-0.25, -0.2) is 4.79 Å². The molecule has 50 heavy (non-hydrogen) atoms. The zero-order valence-electron chi connectivity index (χ0n) is 28.3. The fourth-order valence-corrected chi connectivity index (χ4v) is 6.48. The molecule has 11 heteroatoms. The molecule has 0 aromatic heterocycles. The minimum absolute atomic E-state index is 0.0271. The third-order valence-electron chi connectivity index (χ3n) is 7.56. The summed E-state index contributed by atoms with van der Waals surface area (Å²) in [4.78, 5) is 41.0. The van der Waals surface area contributed by atoms with Gasteiger partial charge in [-0.3, -0.25) is 14.2 Å². The van der Waals surface area contributed by atoms with Gasteiger partial charge in [0.25, 0.3) is 0 Å². The first kappa shape index (κ1) is 37.8. The van der Waals surface area contributed by atoms with Crippen molar-refractivity contribution < 1.29 is 32.7 Å². The van der Waals surface area contributed by atoms with E-state index < -0.39 is 43.6 Å². The summed E-state index contributed by atoms with van der Waals surface area (Å²) in [7, 11) is -3.58. The maximum absolute atomic E-state index is 14.1. The summed E-state index contributed by atoms with van der Waals surface area (Å²) in [6, 6.07) is 34.1. The molecule has 262 valence electrons. The van der Waals surface area contributed by atoms with Crippen LogP contribution >= 0.6 is 7.60 Å². The van der Waals surface area contributed by atoms with Crippen molar-refractivity contribution in [3.05, 3.63) is 155 Å². The van der Waals surface area contributed by atoms with E-state index in [1.807, 2.05) is 121 Å². The maximum atomic E-state index is 14.1. The van der Waals surface area contributed by atoms with Crippen molar-refractivity contribution in [2.75, 3.05) is 13.2 Å². The molecule has 0 saturated carbocycles. The van der Waals surface area contributed by atoms with Crippen LogP contribution in [0.2, 0.25) is 0 Å². The van der Waals surface area contributed by atoms with Gasteiger partial charge in [-0.05, 0) is 42.2 Å². The van der Waals surface area contributed by atoms with Crippen LogP contribution in [-0.2, 0) is 47.4 Å². The standard InChI is InChI=1S/C39H44N3O7P/c1-3-48-50(46,49-4-2)26-25-34(33-23-15-8-16-24-33)40-37(43)35(27-30-17-9-5-10-18-30)41-38(44)36(28-31-19-11-6-12-20-31)42-39(45)47-29-32-21-13-7-14-22-32/h5-26,34-36H,3-4,27-29H2,1-2H3,(H,40,43)(H,41,44)(H,42,45)/b26-25+/t34?,35-,36-/m0/s1. The van der Waals surface area contributed by atoms with Crippen LogP contribution in [0, 0.1) is 0 Å². The molecule has 1 unspecified atom stereocenters. The highest BCUT2D eigenvalue weighted by atomic mass is 31.2. The van der Waals surface area contributed by atoms with E-state index in [4.69, 9.17) is 13.8 Å². The molecule has 3 N–H and O–H groups in total. The maximum Gasteiger partial charge on any atom is 0.408 e. The van der Waals surface area contributed by atoms with Crippen LogP contribution < -0.4 is 16.0 Å². The van der Waals surface area contributed by atoms with Crippen LogP contribution in [0.5, 0.6) is 0 Å². The van der Waals surface area contributed by atoms with Crippen LogP contribution in [0.1, 0.15) is 42.1 Å². The van der Waals surface area contributed by atoms with Gasteiger partial charge in [0.1, 0.15) is 18.7 Å². The average molecular weight is 698 g/mol. The van der Waals surface area contributed by atoms with E-state index in [9.17, 15) is 18.9 Å². The van der Waals surface area contributed by atoms with E-state index in [-0.39, 0.29) is 32.7 Å². The Morgan fingerprint density at radius 1 is 0.620 bits per heavy atom. The smallest absolute Gasteiger partial charge is 0.408 e. The quantitative estimate of drug-likeness (QED) is 0.0966. The minimum atomic E-state index is -3.58. The first-order valence-electron chi connectivity index (χ1n) is 16.6. The van der Waals surface area contributed by atoms with Crippen molar-refractivity contribution >= 4 is 25.5 Å². The number of nitrogens with one attached hydrogen (secondary N) is 3. The number of rotatable bonds is 18. The van der Waals surface area contributed by atoms with Crippen molar-refractivity contribution in [2.24, 2.45) is 0 Å². The molecule has 10 nitrogen and oxygen atoms in total. The topological polar surface area (TPSA) is 132 Å². The number of alkyl carbamates (subject to hydrolysis) is 1. The molecule has 3 amide bonds. The van der Waals surface area contributed by atoms with Gasteiger partial charge < -0.3 is 29.7 Å². The van der Waals surface area contributed by atoms with Gasteiger partial charge in [0.05, 0.1) is 19.3 Å². The van der Waals surface area contributed by atoms with Gasteiger partial charge in [0.2, 0.25) is 11.8 Å². The Morgan fingerprint density at radius 2 is 1.06 bits per heavy atom. The highest BCUT2D eigenvalue weighted by molar-refractivity contribution is 7.57. The predicted molar refractivity (Wildman–Crippen MR) is 193 cm³/mol. The van der Waals surface area contributed by atoms with E-state index in [2.05, 4.69) is 16.0 Å². The van der Waals surface area contributed by atoms with E-state index in [1.54, 1.807) is 19.9 Å². The first-order valence-corrected chi connectivity index (χ1v) is 18.2. The zero-order chi connectivity index (χ0) is 35.6. The second-order valence-electron chi connectivity index (χ2n) is 11.3. The number of amides is 3. The van der Waals surface area contributed by atoms with Gasteiger partial charge in [0.15, 0.2) is 0 Å². The summed E-state index contributed by atoms with van der Waals surface area (Å²) in [5.41, 5.74) is 3.13. The van der Waals surface area contributed by atoms with Crippen molar-refractivity contribution in [3.8, 4) is 0 Å². The second kappa shape index (κ2) is 19.8. The largest absolute Gasteiger partial charge is 0.445 e. The molecule has 0 aliphatic rings.